The van der Waals surface area contributed by atoms with E-state index in [-0.39, 0.29) is 12.1 Å². The van der Waals surface area contributed by atoms with Crippen molar-refractivity contribution < 1.29 is 14.3 Å². The monoisotopic (exact) mass is 342 g/mol. The molecule has 1 aliphatic rings. The number of ether oxygens (including phenoxy) is 1. The zero-order valence-corrected chi connectivity index (χ0v) is 14.4. The molecule has 0 bridgehead atoms. The van der Waals surface area contributed by atoms with Crippen LogP contribution < -0.4 is 5.32 Å². The quantitative estimate of drug-likeness (QED) is 0.867. The molecule has 0 aliphatic carbocycles. The number of hydrogen-bond donors (Lipinski definition) is 1. The maximum Gasteiger partial charge on any atom is 0.337 e. The normalized spacial score (nSPS) is 16.7. The van der Waals surface area contributed by atoms with Crippen molar-refractivity contribution in [1.29, 1.82) is 0 Å². The van der Waals surface area contributed by atoms with Gasteiger partial charge < -0.3 is 15.0 Å². The van der Waals surface area contributed by atoms with Crippen LogP contribution in [0, 0.1) is 0 Å². The fourth-order valence-corrected chi connectivity index (χ4v) is 3.21. The molecule has 2 amide bonds. The van der Waals surface area contributed by atoms with E-state index in [2.05, 4.69) is 15.2 Å². The molecule has 132 valence electrons. The van der Waals surface area contributed by atoms with Gasteiger partial charge in [0.05, 0.1) is 24.4 Å². The molecular weight excluding hydrogens is 320 g/mol. The number of methoxy groups -OCH3 is 1. The van der Waals surface area contributed by atoms with E-state index in [0.717, 1.165) is 25.1 Å². The fourth-order valence-electron chi connectivity index (χ4n) is 3.21. The van der Waals surface area contributed by atoms with Crippen LogP contribution in [0.4, 0.5) is 10.5 Å². The lowest BCUT2D eigenvalue weighted by Crippen LogP contribution is -2.35. The SMILES string of the molecule is CCn1nccc1[C@H]1CCCN1C(=O)Nc1ccc(C(=O)OC)cc1. The highest BCUT2D eigenvalue weighted by Gasteiger charge is 2.32. The van der Waals surface area contributed by atoms with E-state index < -0.39 is 5.97 Å². The molecule has 1 N–H and O–H groups in total. The molecule has 1 aromatic heterocycles. The Kier molecular flexibility index (Phi) is 5.02. The molecule has 1 fully saturated rings. The van der Waals surface area contributed by atoms with Gasteiger partial charge in [-0.1, -0.05) is 0 Å². The Hall–Kier alpha value is -2.83. The van der Waals surface area contributed by atoms with Crippen LogP contribution in [-0.2, 0) is 11.3 Å². The highest BCUT2D eigenvalue weighted by atomic mass is 16.5. The van der Waals surface area contributed by atoms with Gasteiger partial charge in [-0.2, -0.15) is 5.10 Å². The first kappa shape index (κ1) is 17.0. The molecule has 0 spiro atoms. The van der Waals surface area contributed by atoms with E-state index in [1.807, 2.05) is 22.6 Å². The maximum atomic E-state index is 12.7. The number of likely N-dealkylation sites (tertiary alicyclic amines) is 1. The molecule has 2 heterocycles. The Labute approximate surface area is 146 Å². The second kappa shape index (κ2) is 7.38. The first-order valence-corrected chi connectivity index (χ1v) is 8.41. The number of hydrogen-bond acceptors (Lipinski definition) is 4. The van der Waals surface area contributed by atoms with Gasteiger partial charge in [-0.3, -0.25) is 4.68 Å². The molecule has 0 unspecified atom stereocenters. The van der Waals surface area contributed by atoms with Crippen LogP contribution in [-0.4, -0.2) is 40.3 Å². The topological polar surface area (TPSA) is 76.5 Å². The van der Waals surface area contributed by atoms with Crippen molar-refractivity contribution in [3.8, 4) is 0 Å². The predicted molar refractivity (Wildman–Crippen MR) is 93.4 cm³/mol. The van der Waals surface area contributed by atoms with Crippen molar-refractivity contribution in [2.75, 3.05) is 19.0 Å². The van der Waals surface area contributed by atoms with Crippen molar-refractivity contribution in [2.24, 2.45) is 0 Å². The van der Waals surface area contributed by atoms with E-state index in [1.54, 1.807) is 30.5 Å². The minimum absolute atomic E-state index is 0.0387. The van der Waals surface area contributed by atoms with E-state index in [0.29, 0.717) is 17.8 Å². The van der Waals surface area contributed by atoms with Gasteiger partial charge in [0.25, 0.3) is 0 Å². The molecular formula is C18H22N4O3. The number of rotatable bonds is 4. The standard InChI is InChI=1S/C18H22N4O3/c1-3-22-16(10-11-19-22)15-5-4-12-21(15)18(24)20-14-8-6-13(7-9-14)17(23)25-2/h6-11,15H,3-5,12H2,1-2H3,(H,20,24)/t15-/m1/s1. The highest BCUT2D eigenvalue weighted by molar-refractivity contribution is 5.92. The van der Waals surface area contributed by atoms with Crippen molar-refractivity contribution in [1.82, 2.24) is 14.7 Å². The molecule has 0 radical (unpaired) electrons. The van der Waals surface area contributed by atoms with Crippen LogP contribution >= 0.6 is 0 Å². The Morgan fingerprint density at radius 2 is 2.04 bits per heavy atom. The molecule has 7 nitrogen and oxygen atoms in total. The number of aromatic nitrogens is 2. The number of nitrogens with one attached hydrogen (secondary N) is 1. The molecule has 1 aromatic carbocycles. The molecule has 1 atom stereocenters. The van der Waals surface area contributed by atoms with Crippen LogP contribution in [0.15, 0.2) is 36.5 Å². The largest absolute Gasteiger partial charge is 0.465 e. The minimum atomic E-state index is -0.398. The summed E-state index contributed by atoms with van der Waals surface area (Å²) in [6.45, 7) is 3.54. The number of esters is 1. The molecule has 0 saturated carbocycles. The summed E-state index contributed by atoms with van der Waals surface area (Å²) in [6, 6.07) is 8.54. The second-order valence-electron chi connectivity index (χ2n) is 5.92. The van der Waals surface area contributed by atoms with Gasteiger partial charge in [-0.25, -0.2) is 9.59 Å². The first-order valence-electron chi connectivity index (χ1n) is 8.41. The summed E-state index contributed by atoms with van der Waals surface area (Å²) in [5, 5.41) is 7.21. The Bertz CT molecular complexity index is 754. The summed E-state index contributed by atoms with van der Waals surface area (Å²) >= 11 is 0. The highest BCUT2D eigenvalue weighted by Crippen LogP contribution is 2.32. The number of carbonyl (C=O) groups excluding carboxylic acids is 2. The number of carbonyl (C=O) groups is 2. The second-order valence-corrected chi connectivity index (χ2v) is 5.92. The van der Waals surface area contributed by atoms with Gasteiger partial charge in [-0.15, -0.1) is 0 Å². The van der Waals surface area contributed by atoms with Gasteiger partial charge >= 0.3 is 12.0 Å². The molecule has 1 saturated heterocycles. The van der Waals surface area contributed by atoms with E-state index in [9.17, 15) is 9.59 Å². The minimum Gasteiger partial charge on any atom is -0.465 e. The lowest BCUT2D eigenvalue weighted by Gasteiger charge is -2.25. The summed E-state index contributed by atoms with van der Waals surface area (Å²) < 4.78 is 6.60. The number of anilines is 1. The van der Waals surface area contributed by atoms with Crippen LogP contribution in [0.1, 0.15) is 41.9 Å². The van der Waals surface area contributed by atoms with Crippen LogP contribution in [0.2, 0.25) is 0 Å². The zero-order chi connectivity index (χ0) is 17.8. The Morgan fingerprint density at radius 3 is 2.72 bits per heavy atom. The zero-order valence-electron chi connectivity index (χ0n) is 14.4. The van der Waals surface area contributed by atoms with E-state index >= 15 is 0 Å². The van der Waals surface area contributed by atoms with Gasteiger partial charge in [0.15, 0.2) is 0 Å². The molecule has 3 rings (SSSR count). The van der Waals surface area contributed by atoms with Crippen molar-refractivity contribution >= 4 is 17.7 Å². The molecule has 7 heteroatoms. The lowest BCUT2D eigenvalue weighted by atomic mass is 10.1. The molecule has 1 aliphatic heterocycles. The van der Waals surface area contributed by atoms with Gasteiger partial charge in [-0.05, 0) is 50.1 Å². The molecule has 25 heavy (non-hydrogen) atoms. The Morgan fingerprint density at radius 1 is 1.28 bits per heavy atom. The van der Waals surface area contributed by atoms with Crippen molar-refractivity contribution in [3.63, 3.8) is 0 Å². The summed E-state index contributed by atoms with van der Waals surface area (Å²) in [4.78, 5) is 26.0. The maximum absolute atomic E-state index is 12.7. The third kappa shape index (κ3) is 3.50. The number of urea groups is 1. The number of nitrogens with zero attached hydrogens (tertiary/aromatic N) is 3. The van der Waals surface area contributed by atoms with Crippen LogP contribution in [0.25, 0.3) is 0 Å². The lowest BCUT2D eigenvalue weighted by molar-refractivity contribution is 0.0600. The average molecular weight is 342 g/mol. The van der Waals surface area contributed by atoms with Gasteiger partial charge in [0, 0.05) is 25.0 Å². The van der Waals surface area contributed by atoms with Gasteiger partial charge in [0.2, 0.25) is 0 Å². The van der Waals surface area contributed by atoms with E-state index in [1.165, 1.54) is 7.11 Å². The fraction of sp³-hybridized carbons (Fsp3) is 0.389. The predicted octanol–water partition coefficient (Wildman–Crippen LogP) is 3.06. The summed E-state index contributed by atoms with van der Waals surface area (Å²) in [5.41, 5.74) is 2.16. The first-order chi connectivity index (χ1) is 12.1. The smallest absolute Gasteiger partial charge is 0.337 e. The molecule has 2 aromatic rings. The third-order valence-electron chi connectivity index (χ3n) is 4.46. The average Bonchev–Trinajstić information content (AvgIpc) is 3.29. The van der Waals surface area contributed by atoms with Crippen LogP contribution in [0.5, 0.6) is 0 Å². The number of benzene rings is 1. The summed E-state index contributed by atoms with van der Waals surface area (Å²) in [6.07, 6.45) is 3.67. The third-order valence-corrected chi connectivity index (χ3v) is 4.46. The van der Waals surface area contributed by atoms with Crippen LogP contribution in [0.3, 0.4) is 0 Å². The number of amides is 2. The van der Waals surface area contributed by atoms with Crippen molar-refractivity contribution in [2.45, 2.75) is 32.4 Å². The van der Waals surface area contributed by atoms with Crippen molar-refractivity contribution in [3.05, 3.63) is 47.8 Å². The Balaban J connectivity index is 1.71. The summed E-state index contributed by atoms with van der Waals surface area (Å²) in [5.74, 6) is -0.398. The van der Waals surface area contributed by atoms with E-state index in [4.69, 9.17) is 0 Å². The van der Waals surface area contributed by atoms with Gasteiger partial charge in [0.1, 0.15) is 0 Å². The summed E-state index contributed by atoms with van der Waals surface area (Å²) in [7, 11) is 1.34. The number of aryl methyl sites for hydroxylation is 1.